The normalized spacial score (nSPS) is 16.8. The molecule has 2 atom stereocenters. The van der Waals surface area contributed by atoms with Crippen molar-refractivity contribution in [2.75, 3.05) is 19.7 Å². The molecule has 4 rings (SSSR count). The second-order valence-electron chi connectivity index (χ2n) is 8.75. The van der Waals surface area contributed by atoms with E-state index in [1.165, 1.54) is 6.07 Å². The molecular weight excluding hydrogens is 433 g/mol. The van der Waals surface area contributed by atoms with Crippen LogP contribution in [0.3, 0.4) is 0 Å². The van der Waals surface area contributed by atoms with Crippen LogP contribution in [0.5, 0.6) is 11.6 Å². The number of para-hydroxylation sites is 2. The second-order valence-corrected chi connectivity index (χ2v) is 8.75. The molecule has 1 aromatic heterocycles. The number of hydrogen-bond acceptors (Lipinski definition) is 5. The third-order valence-electron chi connectivity index (χ3n) is 6.21. The molecule has 0 saturated carbocycles. The Balaban J connectivity index is 1.74. The van der Waals surface area contributed by atoms with Gasteiger partial charge in [0, 0.05) is 26.2 Å². The van der Waals surface area contributed by atoms with Crippen LogP contribution in [0.25, 0.3) is 5.69 Å². The molecule has 1 saturated heterocycles. The minimum atomic E-state index is -0.438. The number of nitrogens with zero attached hydrogens (tertiary/aromatic N) is 3. The highest BCUT2D eigenvalue weighted by Crippen LogP contribution is 2.33. The Kier molecular flexibility index (Phi) is 8.32. The number of aryl methyl sites for hydroxylation is 1. The summed E-state index contributed by atoms with van der Waals surface area (Å²) in [4.78, 5) is 2.21. The molecule has 0 spiro atoms. The lowest BCUT2D eigenvalue weighted by atomic mass is 10.1. The van der Waals surface area contributed by atoms with Gasteiger partial charge in [-0.2, -0.15) is 5.10 Å². The van der Waals surface area contributed by atoms with E-state index in [0.717, 1.165) is 42.9 Å². The maximum atomic E-state index is 14.6. The van der Waals surface area contributed by atoms with E-state index in [2.05, 4.69) is 11.8 Å². The van der Waals surface area contributed by atoms with Gasteiger partial charge in [0.2, 0.25) is 5.88 Å². The minimum absolute atomic E-state index is 0.147. The molecule has 34 heavy (non-hydrogen) atoms. The Bertz CT molecular complexity index is 1050. The smallest absolute Gasteiger partial charge is 0.227 e. The first-order valence-corrected chi connectivity index (χ1v) is 12.2. The van der Waals surface area contributed by atoms with Crippen LogP contribution in [0.15, 0.2) is 54.6 Å². The SMILES string of the molecule is CCc1nn(-c2ccccc2)c(Oc2ccccc2F)c1CN(C[C@@H](O)CC)C[C@@H]1CCCO1. The Morgan fingerprint density at radius 2 is 1.94 bits per heavy atom. The molecule has 2 heterocycles. The zero-order valence-electron chi connectivity index (χ0n) is 20.0. The van der Waals surface area contributed by atoms with Crippen molar-refractivity contribution in [2.45, 2.75) is 58.3 Å². The van der Waals surface area contributed by atoms with E-state index in [4.69, 9.17) is 14.6 Å². The lowest BCUT2D eigenvalue weighted by Gasteiger charge is -2.27. The molecule has 6 nitrogen and oxygen atoms in total. The van der Waals surface area contributed by atoms with E-state index in [9.17, 15) is 9.50 Å². The first-order chi connectivity index (χ1) is 16.6. The van der Waals surface area contributed by atoms with Crippen molar-refractivity contribution >= 4 is 0 Å². The first kappa shape index (κ1) is 24.4. The van der Waals surface area contributed by atoms with Crippen LogP contribution in [-0.4, -0.2) is 51.7 Å². The predicted octanol–water partition coefficient (Wildman–Crippen LogP) is 5.12. The number of aliphatic hydroxyl groups excluding tert-OH is 1. The molecule has 0 radical (unpaired) electrons. The summed E-state index contributed by atoms with van der Waals surface area (Å²) in [5, 5.41) is 15.3. The summed E-state index contributed by atoms with van der Waals surface area (Å²) in [7, 11) is 0. The number of hydrogen-bond donors (Lipinski definition) is 1. The number of benzene rings is 2. The van der Waals surface area contributed by atoms with Crippen LogP contribution in [0.4, 0.5) is 4.39 Å². The molecule has 0 bridgehead atoms. The van der Waals surface area contributed by atoms with E-state index < -0.39 is 11.9 Å². The summed E-state index contributed by atoms with van der Waals surface area (Å²) in [5.41, 5.74) is 2.63. The van der Waals surface area contributed by atoms with Crippen molar-refractivity contribution in [3.05, 3.63) is 71.7 Å². The van der Waals surface area contributed by atoms with Crippen molar-refractivity contribution < 1.29 is 19.0 Å². The molecule has 3 aromatic rings. The van der Waals surface area contributed by atoms with Crippen molar-refractivity contribution in [2.24, 2.45) is 0 Å². The summed E-state index contributed by atoms with van der Waals surface area (Å²) >= 11 is 0. The lowest BCUT2D eigenvalue weighted by molar-refractivity contribution is 0.0451. The fourth-order valence-electron chi connectivity index (χ4n) is 4.33. The van der Waals surface area contributed by atoms with E-state index in [1.807, 2.05) is 37.3 Å². The summed E-state index contributed by atoms with van der Waals surface area (Å²) in [5.74, 6) is 0.226. The van der Waals surface area contributed by atoms with E-state index in [-0.39, 0.29) is 11.9 Å². The number of aliphatic hydroxyl groups is 1. The summed E-state index contributed by atoms with van der Waals surface area (Å²) in [6, 6.07) is 16.1. The highest BCUT2D eigenvalue weighted by Gasteiger charge is 2.26. The van der Waals surface area contributed by atoms with E-state index in [0.29, 0.717) is 31.8 Å². The molecule has 182 valence electrons. The van der Waals surface area contributed by atoms with Gasteiger partial charge in [-0.15, -0.1) is 0 Å². The van der Waals surface area contributed by atoms with Crippen molar-refractivity contribution in [3.63, 3.8) is 0 Å². The van der Waals surface area contributed by atoms with Crippen LogP contribution in [0, 0.1) is 5.82 Å². The average molecular weight is 468 g/mol. The standard InChI is InChI=1S/C27H34FN3O3/c1-3-21(32)17-30(18-22-13-10-16-33-22)19-23-25(4-2)29-31(20-11-6-5-7-12-20)27(23)34-26-15-9-8-14-24(26)28/h5-9,11-12,14-15,21-22,32H,3-4,10,13,16-19H2,1-2H3/t21-,22-/m0/s1. The molecule has 0 unspecified atom stereocenters. The number of ether oxygens (including phenoxy) is 2. The van der Waals surface area contributed by atoms with Crippen LogP contribution < -0.4 is 4.74 Å². The Morgan fingerprint density at radius 1 is 1.18 bits per heavy atom. The van der Waals surface area contributed by atoms with Gasteiger partial charge in [0.25, 0.3) is 0 Å². The van der Waals surface area contributed by atoms with Gasteiger partial charge in [0.1, 0.15) is 0 Å². The van der Waals surface area contributed by atoms with Crippen LogP contribution in [0.2, 0.25) is 0 Å². The largest absolute Gasteiger partial charge is 0.435 e. The summed E-state index contributed by atoms with van der Waals surface area (Å²) in [6.07, 6.45) is 3.15. The molecule has 7 heteroatoms. The second kappa shape index (κ2) is 11.6. The molecule has 0 aliphatic carbocycles. The molecule has 2 aromatic carbocycles. The van der Waals surface area contributed by atoms with Gasteiger partial charge in [-0.25, -0.2) is 9.07 Å². The van der Waals surface area contributed by atoms with Gasteiger partial charge in [-0.3, -0.25) is 4.90 Å². The lowest BCUT2D eigenvalue weighted by Crippen LogP contribution is -2.37. The van der Waals surface area contributed by atoms with Gasteiger partial charge in [-0.1, -0.05) is 44.2 Å². The molecule has 1 N–H and O–H groups in total. The molecule has 1 aliphatic rings. The number of halogens is 1. The number of rotatable bonds is 11. The topological polar surface area (TPSA) is 59.8 Å². The summed E-state index contributed by atoms with van der Waals surface area (Å²) in [6.45, 7) is 6.58. The molecular formula is C27H34FN3O3. The monoisotopic (exact) mass is 467 g/mol. The molecule has 1 fully saturated rings. The van der Waals surface area contributed by atoms with E-state index >= 15 is 0 Å². The van der Waals surface area contributed by atoms with Crippen LogP contribution in [-0.2, 0) is 17.7 Å². The fraction of sp³-hybridized carbons (Fsp3) is 0.444. The van der Waals surface area contributed by atoms with Gasteiger partial charge >= 0.3 is 0 Å². The van der Waals surface area contributed by atoms with Crippen molar-refractivity contribution in [1.82, 2.24) is 14.7 Å². The Hall–Kier alpha value is -2.74. The van der Waals surface area contributed by atoms with Gasteiger partial charge in [-0.05, 0) is 49.9 Å². The predicted molar refractivity (Wildman–Crippen MR) is 130 cm³/mol. The average Bonchev–Trinajstić information content (AvgIpc) is 3.49. The maximum absolute atomic E-state index is 14.6. The van der Waals surface area contributed by atoms with E-state index in [1.54, 1.807) is 22.9 Å². The minimum Gasteiger partial charge on any atom is -0.435 e. The first-order valence-electron chi connectivity index (χ1n) is 12.2. The summed E-state index contributed by atoms with van der Waals surface area (Å²) < 4.78 is 28.4. The van der Waals surface area contributed by atoms with Gasteiger partial charge < -0.3 is 14.6 Å². The van der Waals surface area contributed by atoms with Crippen LogP contribution in [0.1, 0.15) is 44.4 Å². The molecule has 0 amide bonds. The van der Waals surface area contributed by atoms with Crippen LogP contribution >= 0.6 is 0 Å². The zero-order valence-corrected chi connectivity index (χ0v) is 20.0. The Morgan fingerprint density at radius 3 is 2.62 bits per heavy atom. The zero-order chi connectivity index (χ0) is 23.9. The maximum Gasteiger partial charge on any atom is 0.227 e. The molecule has 1 aliphatic heterocycles. The van der Waals surface area contributed by atoms with Crippen molar-refractivity contribution in [1.29, 1.82) is 0 Å². The highest BCUT2D eigenvalue weighted by molar-refractivity contribution is 5.44. The highest BCUT2D eigenvalue weighted by atomic mass is 19.1. The fourth-order valence-corrected chi connectivity index (χ4v) is 4.33. The number of aromatic nitrogens is 2. The Labute approximate surface area is 200 Å². The third kappa shape index (κ3) is 5.84. The van der Waals surface area contributed by atoms with Gasteiger partial charge in [0.05, 0.1) is 29.2 Å². The quantitative estimate of drug-likeness (QED) is 0.424. The van der Waals surface area contributed by atoms with Gasteiger partial charge in [0.15, 0.2) is 11.6 Å². The van der Waals surface area contributed by atoms with Crippen molar-refractivity contribution in [3.8, 4) is 17.3 Å². The third-order valence-corrected chi connectivity index (χ3v) is 6.21.